The first-order valence-electron chi connectivity index (χ1n) is 15.4. The van der Waals surface area contributed by atoms with E-state index in [-0.39, 0.29) is 0 Å². The van der Waals surface area contributed by atoms with Crippen LogP contribution in [0.25, 0.3) is 77.3 Å². The van der Waals surface area contributed by atoms with Gasteiger partial charge in [-0.1, -0.05) is 115 Å². The van der Waals surface area contributed by atoms with Gasteiger partial charge in [-0.3, -0.25) is 0 Å². The summed E-state index contributed by atoms with van der Waals surface area (Å²) in [5, 5.41) is 5.16. The molecule has 1 aliphatic carbocycles. The van der Waals surface area contributed by atoms with Crippen molar-refractivity contribution >= 4 is 55.0 Å². The number of rotatable bonds is 4. The van der Waals surface area contributed by atoms with Crippen molar-refractivity contribution < 1.29 is 0 Å². The highest BCUT2D eigenvalue weighted by molar-refractivity contribution is 6.13. The largest absolute Gasteiger partial charge is 0.313 e. The number of benzene rings is 6. The summed E-state index contributed by atoms with van der Waals surface area (Å²) in [7, 11) is 0. The minimum Gasteiger partial charge on any atom is -0.313 e. The first-order chi connectivity index (χ1) is 21.8. The number of aromatic nitrogens is 2. The Kier molecular flexibility index (Phi) is 5.67. The molecule has 0 radical (unpaired) electrons. The minimum atomic E-state index is 0.993. The third-order valence-electron chi connectivity index (χ3n) is 9.17. The maximum absolute atomic E-state index is 2.49. The standard InChI is InChI=1S/C42H30N2/c1-3-12-29(13-4-1)31-22-24-41-37(26-31)35-18-7-9-20-39(35)43(41)33-16-11-17-34(28-33)44-40-21-10-8-19-36(40)38-27-32(23-25-42(38)44)30-14-5-2-6-15-30/h1-10,12-16,18-28H,11,17H2. The molecule has 0 amide bonds. The number of nitrogens with zero attached hydrogens (tertiary/aromatic N) is 2. The van der Waals surface area contributed by atoms with Crippen LogP contribution in [0.3, 0.4) is 0 Å². The topological polar surface area (TPSA) is 9.86 Å². The molecule has 208 valence electrons. The molecule has 2 aromatic heterocycles. The van der Waals surface area contributed by atoms with Crippen LogP contribution in [0.5, 0.6) is 0 Å². The summed E-state index contributed by atoms with van der Waals surface area (Å²) in [5.41, 5.74) is 12.5. The van der Waals surface area contributed by atoms with E-state index in [1.165, 1.54) is 77.3 Å². The lowest BCUT2D eigenvalue weighted by molar-refractivity contribution is 0.969. The molecule has 0 atom stereocenters. The summed E-state index contributed by atoms with van der Waals surface area (Å²) in [6.45, 7) is 0. The third kappa shape index (κ3) is 3.88. The van der Waals surface area contributed by atoms with Gasteiger partial charge in [-0.15, -0.1) is 0 Å². The molecule has 2 nitrogen and oxygen atoms in total. The van der Waals surface area contributed by atoms with Gasteiger partial charge in [0.15, 0.2) is 0 Å². The molecule has 0 spiro atoms. The lowest BCUT2D eigenvalue weighted by Gasteiger charge is -2.19. The van der Waals surface area contributed by atoms with E-state index in [0.717, 1.165) is 12.8 Å². The predicted molar refractivity (Wildman–Crippen MR) is 188 cm³/mol. The Morgan fingerprint density at radius 2 is 0.864 bits per heavy atom. The predicted octanol–water partition coefficient (Wildman–Crippen LogP) is 11.4. The van der Waals surface area contributed by atoms with Crippen LogP contribution in [0.1, 0.15) is 12.8 Å². The van der Waals surface area contributed by atoms with Crippen LogP contribution in [0.2, 0.25) is 0 Å². The van der Waals surface area contributed by atoms with Crippen molar-refractivity contribution in [3.8, 4) is 22.3 Å². The van der Waals surface area contributed by atoms with E-state index >= 15 is 0 Å². The first kappa shape index (κ1) is 24.9. The summed E-state index contributed by atoms with van der Waals surface area (Å²) < 4.78 is 4.95. The van der Waals surface area contributed by atoms with Crippen molar-refractivity contribution in [1.82, 2.24) is 9.13 Å². The number of para-hydroxylation sites is 2. The van der Waals surface area contributed by atoms with Gasteiger partial charge in [0.2, 0.25) is 0 Å². The average molecular weight is 563 g/mol. The van der Waals surface area contributed by atoms with E-state index in [4.69, 9.17) is 0 Å². The molecule has 0 bridgehead atoms. The maximum Gasteiger partial charge on any atom is 0.0541 e. The molecule has 0 aliphatic heterocycles. The van der Waals surface area contributed by atoms with Gasteiger partial charge in [-0.2, -0.15) is 0 Å². The molecule has 2 heteroatoms. The summed E-state index contributed by atoms with van der Waals surface area (Å²) in [6, 6.07) is 52.9. The van der Waals surface area contributed by atoms with Crippen LogP contribution in [0.4, 0.5) is 0 Å². The van der Waals surface area contributed by atoms with Crippen LogP contribution >= 0.6 is 0 Å². The summed E-state index contributed by atoms with van der Waals surface area (Å²) in [5.74, 6) is 0. The number of fused-ring (bicyclic) bond motifs is 6. The van der Waals surface area contributed by atoms with Crippen LogP contribution in [0.15, 0.2) is 158 Å². The second kappa shape index (κ2) is 10.00. The fraction of sp³-hybridized carbons (Fsp3) is 0.0476. The van der Waals surface area contributed by atoms with Gasteiger partial charge in [-0.25, -0.2) is 0 Å². The molecule has 0 saturated heterocycles. The summed E-state index contributed by atoms with van der Waals surface area (Å²) >= 11 is 0. The summed E-state index contributed by atoms with van der Waals surface area (Å²) in [4.78, 5) is 0. The molecular formula is C42H30N2. The highest BCUT2D eigenvalue weighted by atomic mass is 15.0. The zero-order valence-corrected chi connectivity index (χ0v) is 24.3. The molecule has 0 N–H and O–H groups in total. The third-order valence-corrected chi connectivity index (χ3v) is 9.17. The normalized spacial score (nSPS) is 13.5. The van der Waals surface area contributed by atoms with E-state index in [1.54, 1.807) is 0 Å². The van der Waals surface area contributed by atoms with Gasteiger partial charge in [0.1, 0.15) is 0 Å². The average Bonchev–Trinajstić information content (AvgIpc) is 3.61. The smallest absolute Gasteiger partial charge is 0.0541 e. The fourth-order valence-corrected chi connectivity index (χ4v) is 7.16. The minimum absolute atomic E-state index is 0.993. The highest BCUT2D eigenvalue weighted by Gasteiger charge is 2.19. The zero-order chi connectivity index (χ0) is 29.0. The van der Waals surface area contributed by atoms with Crippen molar-refractivity contribution in [3.05, 3.63) is 158 Å². The second-order valence-corrected chi connectivity index (χ2v) is 11.7. The van der Waals surface area contributed by atoms with E-state index < -0.39 is 0 Å². The van der Waals surface area contributed by atoms with Gasteiger partial charge in [0.05, 0.1) is 22.1 Å². The molecule has 9 rings (SSSR count). The van der Waals surface area contributed by atoms with Crippen molar-refractivity contribution in [2.75, 3.05) is 0 Å². The Bertz CT molecular complexity index is 2420. The number of hydrogen-bond donors (Lipinski definition) is 0. The molecular weight excluding hydrogens is 532 g/mol. The second-order valence-electron chi connectivity index (χ2n) is 11.7. The van der Waals surface area contributed by atoms with Gasteiger partial charge in [0, 0.05) is 32.9 Å². The molecule has 8 aromatic rings. The monoisotopic (exact) mass is 562 g/mol. The molecule has 0 fully saturated rings. The maximum atomic E-state index is 2.49. The lowest BCUT2D eigenvalue weighted by Crippen LogP contribution is -2.04. The van der Waals surface area contributed by atoms with E-state index in [1.807, 2.05) is 0 Å². The Labute approximate surface area is 256 Å². The van der Waals surface area contributed by atoms with Crippen LogP contribution < -0.4 is 0 Å². The Morgan fingerprint density at radius 3 is 1.45 bits per heavy atom. The van der Waals surface area contributed by atoms with Crippen molar-refractivity contribution in [2.24, 2.45) is 0 Å². The number of allylic oxidation sites excluding steroid dienone is 4. The Hall–Kier alpha value is -5.60. The Morgan fingerprint density at radius 1 is 0.386 bits per heavy atom. The van der Waals surface area contributed by atoms with Gasteiger partial charge in [0.25, 0.3) is 0 Å². The Balaban J connectivity index is 1.23. The van der Waals surface area contributed by atoms with Crippen LogP contribution in [-0.4, -0.2) is 9.13 Å². The van der Waals surface area contributed by atoms with Gasteiger partial charge in [-0.05, 0) is 77.6 Å². The SMILES string of the molecule is C1=C(n2c3ccccc3c3cc(-c4ccccc4)ccc32)C=C(n2c3ccccc3c3cc(-c4ccccc4)ccc32)CC1. The highest BCUT2D eigenvalue weighted by Crippen LogP contribution is 2.40. The van der Waals surface area contributed by atoms with Crippen molar-refractivity contribution in [1.29, 1.82) is 0 Å². The van der Waals surface area contributed by atoms with Crippen LogP contribution in [-0.2, 0) is 0 Å². The quantitative estimate of drug-likeness (QED) is 0.202. The number of hydrogen-bond acceptors (Lipinski definition) is 0. The van der Waals surface area contributed by atoms with E-state index in [0.29, 0.717) is 0 Å². The summed E-state index contributed by atoms with van der Waals surface area (Å²) in [6.07, 6.45) is 6.81. The van der Waals surface area contributed by atoms with Gasteiger partial charge < -0.3 is 9.13 Å². The molecule has 0 saturated carbocycles. The molecule has 2 heterocycles. The fourth-order valence-electron chi connectivity index (χ4n) is 7.16. The van der Waals surface area contributed by atoms with Crippen molar-refractivity contribution in [2.45, 2.75) is 12.8 Å². The molecule has 44 heavy (non-hydrogen) atoms. The van der Waals surface area contributed by atoms with E-state index in [2.05, 4.69) is 167 Å². The lowest BCUT2D eigenvalue weighted by atomic mass is 10.0. The van der Waals surface area contributed by atoms with E-state index in [9.17, 15) is 0 Å². The zero-order valence-electron chi connectivity index (χ0n) is 24.3. The molecule has 1 aliphatic rings. The first-order valence-corrected chi connectivity index (χ1v) is 15.4. The van der Waals surface area contributed by atoms with Gasteiger partial charge >= 0.3 is 0 Å². The van der Waals surface area contributed by atoms with Crippen molar-refractivity contribution in [3.63, 3.8) is 0 Å². The molecule has 6 aromatic carbocycles. The van der Waals surface area contributed by atoms with Crippen LogP contribution in [0, 0.1) is 0 Å². The molecule has 0 unspecified atom stereocenters.